The van der Waals surface area contributed by atoms with E-state index in [1.54, 1.807) is 0 Å². The van der Waals surface area contributed by atoms with Crippen LogP contribution in [0.3, 0.4) is 0 Å². The van der Waals surface area contributed by atoms with E-state index in [-0.39, 0.29) is 37.3 Å². The van der Waals surface area contributed by atoms with Gasteiger partial charge < -0.3 is 19.1 Å². The molecule has 55 heavy (non-hydrogen) atoms. The van der Waals surface area contributed by atoms with Crippen LogP contribution in [0.2, 0.25) is 0 Å². The molecular formula is C48H48N5OPt-3. The maximum atomic E-state index is 6.58. The van der Waals surface area contributed by atoms with Crippen LogP contribution in [-0.2, 0) is 37.3 Å². The van der Waals surface area contributed by atoms with Crippen LogP contribution in [0.15, 0.2) is 104 Å². The maximum Gasteiger partial charge on any atom is 0.135 e. The van der Waals surface area contributed by atoms with Crippen LogP contribution in [0.25, 0.3) is 27.6 Å². The fraction of sp³-hybridized carbons (Fsp3) is 0.271. The van der Waals surface area contributed by atoms with Gasteiger partial charge in [-0.3, -0.25) is 4.98 Å². The van der Waals surface area contributed by atoms with Crippen molar-refractivity contribution in [2.24, 2.45) is 0 Å². The summed E-state index contributed by atoms with van der Waals surface area (Å²) in [6.07, 6.45) is 5.71. The summed E-state index contributed by atoms with van der Waals surface area (Å²) < 4.78 is 8.77. The third-order valence-corrected chi connectivity index (χ3v) is 10.3. The molecule has 3 aromatic heterocycles. The summed E-state index contributed by atoms with van der Waals surface area (Å²) in [5.74, 6) is 2.06. The van der Waals surface area contributed by atoms with Gasteiger partial charge in [-0.05, 0) is 69.5 Å². The van der Waals surface area contributed by atoms with E-state index in [2.05, 4.69) is 174 Å². The minimum absolute atomic E-state index is 0. The molecule has 0 saturated carbocycles. The number of hydrogen-bond donors (Lipinski definition) is 0. The van der Waals surface area contributed by atoms with Gasteiger partial charge in [0.2, 0.25) is 0 Å². The molecule has 7 heteroatoms. The molecule has 0 fully saturated rings. The Hall–Kier alpha value is -4.93. The third-order valence-electron chi connectivity index (χ3n) is 10.3. The molecule has 1 aliphatic heterocycles. The predicted octanol–water partition coefficient (Wildman–Crippen LogP) is 12.6. The molecule has 1 aliphatic rings. The van der Waals surface area contributed by atoms with Gasteiger partial charge in [-0.2, -0.15) is 12.1 Å². The van der Waals surface area contributed by atoms with Crippen LogP contribution in [0.5, 0.6) is 11.5 Å². The van der Waals surface area contributed by atoms with Crippen molar-refractivity contribution in [3.63, 3.8) is 0 Å². The molecule has 4 aromatic carbocycles. The number of ether oxygens (including phenoxy) is 1. The van der Waals surface area contributed by atoms with E-state index in [0.29, 0.717) is 11.5 Å². The van der Waals surface area contributed by atoms with E-state index in [1.807, 2.05) is 36.8 Å². The summed E-state index contributed by atoms with van der Waals surface area (Å²) in [7, 11) is 0. The van der Waals surface area contributed by atoms with Gasteiger partial charge in [-0.15, -0.1) is 48.1 Å². The number of aryl methyl sites for hydroxylation is 1. The van der Waals surface area contributed by atoms with Crippen molar-refractivity contribution in [3.05, 3.63) is 145 Å². The van der Waals surface area contributed by atoms with Crippen LogP contribution in [0, 0.1) is 25.7 Å². The standard InChI is InChI=1S/C48H48N5O.Pt/c1-31-24-38(47(5,6)7)45(39(25-31)48(8,9)10)52-30-51(41-21-22-49-29-43(41)52)33-14-13-15-34(27-33)54-35-18-19-37-36-16-11-12-17-40(36)53(42(37)28-35)44-26-32(20-23-50-44)46(2,3)4;/h11-26,29-30H,1-10H3;/q-3;. The first-order valence-corrected chi connectivity index (χ1v) is 18.7. The van der Waals surface area contributed by atoms with E-state index in [9.17, 15) is 0 Å². The summed E-state index contributed by atoms with van der Waals surface area (Å²) >= 11 is 0. The van der Waals surface area contributed by atoms with Crippen LogP contribution in [-0.4, -0.2) is 14.5 Å². The fourth-order valence-electron chi connectivity index (χ4n) is 7.49. The van der Waals surface area contributed by atoms with Gasteiger partial charge in [0, 0.05) is 61.8 Å². The number of anilines is 4. The second-order valence-electron chi connectivity index (χ2n) is 17.5. The van der Waals surface area contributed by atoms with Crippen molar-refractivity contribution in [1.29, 1.82) is 0 Å². The van der Waals surface area contributed by atoms with Crippen molar-refractivity contribution < 1.29 is 25.8 Å². The zero-order chi connectivity index (χ0) is 38.2. The fourth-order valence-corrected chi connectivity index (χ4v) is 7.49. The largest absolute Gasteiger partial charge is 0.509 e. The summed E-state index contributed by atoms with van der Waals surface area (Å²) in [6, 6.07) is 36.8. The molecule has 0 amide bonds. The maximum absolute atomic E-state index is 6.58. The normalized spacial score (nSPS) is 13.3. The number of benzene rings is 4. The SMILES string of the molecule is Cc1cc(C(C)(C)C)c(N2[CH-]N(c3[c-]c(Oc4[c-]c5c(cc4)c4ccccc4n5-c4cc(C(C)(C)C)ccn4)ccc3)c3ccncc32)c(C(C)(C)C)c1.[Pt]. The molecule has 0 spiro atoms. The smallest absolute Gasteiger partial charge is 0.135 e. The average Bonchev–Trinajstić information content (AvgIpc) is 3.66. The van der Waals surface area contributed by atoms with Gasteiger partial charge in [0.15, 0.2) is 0 Å². The van der Waals surface area contributed by atoms with Crippen molar-refractivity contribution in [1.82, 2.24) is 14.5 Å². The zero-order valence-electron chi connectivity index (χ0n) is 33.4. The molecule has 6 nitrogen and oxygen atoms in total. The molecule has 7 aromatic rings. The van der Waals surface area contributed by atoms with Gasteiger partial charge in [0.05, 0.1) is 11.9 Å². The van der Waals surface area contributed by atoms with Crippen molar-refractivity contribution in [2.75, 3.05) is 9.80 Å². The van der Waals surface area contributed by atoms with E-state index in [0.717, 1.165) is 44.7 Å². The summed E-state index contributed by atoms with van der Waals surface area (Å²) in [5.41, 5.74) is 11.0. The number of rotatable bonds is 5. The molecule has 0 unspecified atom stereocenters. The van der Waals surface area contributed by atoms with Crippen LogP contribution < -0.4 is 14.5 Å². The van der Waals surface area contributed by atoms with Gasteiger partial charge in [0.25, 0.3) is 0 Å². The zero-order valence-corrected chi connectivity index (χ0v) is 35.6. The second-order valence-corrected chi connectivity index (χ2v) is 17.5. The van der Waals surface area contributed by atoms with E-state index >= 15 is 0 Å². The number of hydrogen-bond acceptors (Lipinski definition) is 5. The first-order valence-electron chi connectivity index (χ1n) is 18.7. The molecule has 284 valence electrons. The first-order chi connectivity index (χ1) is 25.6. The minimum Gasteiger partial charge on any atom is -0.509 e. The minimum atomic E-state index is -0.0837. The number of pyridine rings is 2. The van der Waals surface area contributed by atoms with Crippen molar-refractivity contribution in [2.45, 2.75) is 85.5 Å². The Balaban J connectivity index is 0.00000465. The van der Waals surface area contributed by atoms with Crippen molar-refractivity contribution in [3.8, 4) is 17.3 Å². The average molecular weight is 906 g/mol. The first kappa shape index (κ1) is 38.3. The van der Waals surface area contributed by atoms with Crippen molar-refractivity contribution >= 4 is 44.6 Å². The summed E-state index contributed by atoms with van der Waals surface area (Å²) in [5, 5.41) is 2.24. The Bertz CT molecular complexity index is 2510. The molecular weight excluding hydrogens is 858 g/mol. The Kier molecular flexibility index (Phi) is 9.74. The van der Waals surface area contributed by atoms with Gasteiger partial charge in [-0.1, -0.05) is 104 Å². The van der Waals surface area contributed by atoms with E-state index < -0.39 is 0 Å². The molecule has 8 rings (SSSR count). The second kappa shape index (κ2) is 14.0. The molecule has 0 aliphatic carbocycles. The van der Waals surface area contributed by atoms with E-state index in [1.165, 1.54) is 27.9 Å². The van der Waals surface area contributed by atoms with Gasteiger partial charge in [-0.25, -0.2) is 4.98 Å². The Morgan fingerprint density at radius 3 is 2.07 bits per heavy atom. The molecule has 4 heterocycles. The van der Waals surface area contributed by atoms with Gasteiger partial charge in [0.1, 0.15) is 5.82 Å². The Morgan fingerprint density at radius 2 is 1.36 bits per heavy atom. The molecule has 0 N–H and O–H groups in total. The molecule has 0 atom stereocenters. The van der Waals surface area contributed by atoms with Crippen LogP contribution in [0.4, 0.5) is 22.7 Å². The summed E-state index contributed by atoms with van der Waals surface area (Å²) in [4.78, 5) is 13.9. The van der Waals surface area contributed by atoms with E-state index in [4.69, 9.17) is 9.72 Å². The summed E-state index contributed by atoms with van der Waals surface area (Å²) in [6.45, 7) is 24.8. The quantitative estimate of drug-likeness (QED) is 0.161. The molecule has 0 saturated heterocycles. The van der Waals surface area contributed by atoms with Crippen LogP contribution in [0.1, 0.15) is 84.6 Å². The third kappa shape index (κ3) is 7.06. The number of para-hydroxylation sites is 1. The monoisotopic (exact) mass is 905 g/mol. The van der Waals surface area contributed by atoms with Gasteiger partial charge >= 0.3 is 0 Å². The predicted molar refractivity (Wildman–Crippen MR) is 223 cm³/mol. The Labute approximate surface area is 340 Å². The number of aromatic nitrogens is 3. The number of fused-ring (bicyclic) bond motifs is 4. The molecule has 0 radical (unpaired) electrons. The Morgan fingerprint density at radius 1 is 0.655 bits per heavy atom. The van der Waals surface area contributed by atoms with Crippen LogP contribution >= 0.6 is 0 Å². The topological polar surface area (TPSA) is 46.4 Å². The molecule has 0 bridgehead atoms. The number of nitrogens with zero attached hydrogens (tertiary/aromatic N) is 5.